The number of carbonyl (C=O) groups is 2. The van der Waals surface area contributed by atoms with E-state index >= 15 is 0 Å². The highest BCUT2D eigenvalue weighted by molar-refractivity contribution is 6.06. The standard InChI is InChI=1S/C29H35N7O2/c1-18-16-32-28(33-22-9-7-19(8-10-22)20-11-13-36(14-12-20)24(37)15-30)35-26(18)31-17-21-5-4-6-23-25(21)29(2,3)27(38)34-23/h4-10,16,20H,11-15,17,30H2,1-3H3,(H,34,38)(H2,31,32,33,35). The van der Waals surface area contributed by atoms with Gasteiger partial charge in [-0.25, -0.2) is 4.98 Å². The lowest BCUT2D eigenvalue weighted by Crippen LogP contribution is -2.41. The van der Waals surface area contributed by atoms with Gasteiger partial charge >= 0.3 is 0 Å². The molecule has 0 radical (unpaired) electrons. The van der Waals surface area contributed by atoms with Crippen molar-refractivity contribution in [1.82, 2.24) is 14.9 Å². The number of rotatable bonds is 7. The van der Waals surface area contributed by atoms with E-state index in [2.05, 4.69) is 33.1 Å². The lowest BCUT2D eigenvalue weighted by atomic mass is 9.83. The van der Waals surface area contributed by atoms with E-state index < -0.39 is 5.41 Å². The number of aryl methyl sites for hydroxylation is 1. The number of anilines is 4. The number of amides is 2. The van der Waals surface area contributed by atoms with Gasteiger partial charge in [0.05, 0.1) is 12.0 Å². The number of benzene rings is 2. The summed E-state index contributed by atoms with van der Waals surface area (Å²) in [5.74, 6) is 1.73. The van der Waals surface area contributed by atoms with E-state index in [1.165, 1.54) is 5.56 Å². The smallest absolute Gasteiger partial charge is 0.236 e. The van der Waals surface area contributed by atoms with Gasteiger partial charge in [0.25, 0.3) is 0 Å². The third kappa shape index (κ3) is 5.06. The molecule has 0 aliphatic carbocycles. The molecule has 0 atom stereocenters. The number of likely N-dealkylation sites (tertiary alicyclic amines) is 1. The third-order valence-electron chi connectivity index (χ3n) is 7.67. The van der Waals surface area contributed by atoms with Gasteiger partial charge in [-0.1, -0.05) is 24.3 Å². The summed E-state index contributed by atoms with van der Waals surface area (Å²) in [6, 6.07) is 14.3. The molecule has 1 aromatic heterocycles. The molecule has 0 saturated carbocycles. The Balaban J connectivity index is 1.23. The van der Waals surface area contributed by atoms with Crippen molar-refractivity contribution in [2.24, 2.45) is 5.73 Å². The molecule has 3 heterocycles. The van der Waals surface area contributed by atoms with Gasteiger partial charge < -0.3 is 26.6 Å². The van der Waals surface area contributed by atoms with E-state index in [9.17, 15) is 9.59 Å². The first-order valence-corrected chi connectivity index (χ1v) is 13.1. The molecule has 198 valence electrons. The van der Waals surface area contributed by atoms with Gasteiger partial charge in [-0.15, -0.1) is 0 Å². The van der Waals surface area contributed by atoms with Crippen LogP contribution in [0.1, 0.15) is 54.9 Å². The average Bonchev–Trinajstić information content (AvgIpc) is 3.17. The van der Waals surface area contributed by atoms with Gasteiger partial charge in [-0.2, -0.15) is 4.98 Å². The minimum Gasteiger partial charge on any atom is -0.366 e. The Kier molecular flexibility index (Phi) is 7.03. The van der Waals surface area contributed by atoms with Crippen molar-refractivity contribution in [2.75, 3.05) is 35.6 Å². The SMILES string of the molecule is Cc1cnc(Nc2ccc(C3CCN(C(=O)CN)CC3)cc2)nc1NCc1cccc2c1C(C)(C)C(=O)N2. The number of nitrogens with one attached hydrogen (secondary N) is 3. The van der Waals surface area contributed by atoms with E-state index in [1.54, 1.807) is 6.20 Å². The Bertz CT molecular complexity index is 1350. The predicted molar refractivity (Wildman–Crippen MR) is 150 cm³/mol. The van der Waals surface area contributed by atoms with Crippen LogP contribution in [-0.4, -0.2) is 46.3 Å². The molecule has 2 aliphatic rings. The second-order valence-corrected chi connectivity index (χ2v) is 10.6. The second kappa shape index (κ2) is 10.4. The maximum absolute atomic E-state index is 12.4. The lowest BCUT2D eigenvalue weighted by molar-refractivity contribution is -0.130. The Morgan fingerprint density at radius 2 is 1.89 bits per heavy atom. The summed E-state index contributed by atoms with van der Waals surface area (Å²) in [4.78, 5) is 35.3. The number of carbonyl (C=O) groups excluding carboxylic acids is 2. The van der Waals surface area contributed by atoms with E-state index in [4.69, 9.17) is 10.7 Å². The lowest BCUT2D eigenvalue weighted by Gasteiger charge is -2.32. The summed E-state index contributed by atoms with van der Waals surface area (Å²) in [7, 11) is 0. The summed E-state index contributed by atoms with van der Waals surface area (Å²) >= 11 is 0. The van der Waals surface area contributed by atoms with Crippen LogP contribution in [0.15, 0.2) is 48.7 Å². The first-order valence-electron chi connectivity index (χ1n) is 13.1. The Hall–Kier alpha value is -3.98. The van der Waals surface area contributed by atoms with Crippen molar-refractivity contribution in [3.8, 4) is 0 Å². The van der Waals surface area contributed by atoms with Crippen molar-refractivity contribution >= 4 is 35.0 Å². The van der Waals surface area contributed by atoms with Gasteiger partial charge in [0.1, 0.15) is 5.82 Å². The van der Waals surface area contributed by atoms with Gasteiger partial charge in [0.2, 0.25) is 17.8 Å². The normalized spacial score (nSPS) is 16.6. The summed E-state index contributed by atoms with van der Waals surface area (Å²) in [5.41, 5.74) is 11.0. The monoisotopic (exact) mass is 513 g/mol. The Morgan fingerprint density at radius 1 is 1.16 bits per heavy atom. The molecule has 38 heavy (non-hydrogen) atoms. The van der Waals surface area contributed by atoms with Gasteiger partial charge in [-0.3, -0.25) is 9.59 Å². The molecule has 5 N–H and O–H groups in total. The van der Waals surface area contributed by atoms with Gasteiger partial charge in [0.15, 0.2) is 0 Å². The molecule has 5 rings (SSSR count). The summed E-state index contributed by atoms with van der Waals surface area (Å²) in [6.45, 7) is 8.00. The molecular weight excluding hydrogens is 478 g/mol. The molecule has 1 saturated heterocycles. The zero-order valence-electron chi connectivity index (χ0n) is 22.2. The van der Waals surface area contributed by atoms with Crippen LogP contribution in [0.3, 0.4) is 0 Å². The number of nitrogens with two attached hydrogens (primary N) is 1. The largest absolute Gasteiger partial charge is 0.366 e. The van der Waals surface area contributed by atoms with Crippen LogP contribution in [0.4, 0.5) is 23.1 Å². The van der Waals surface area contributed by atoms with Crippen LogP contribution < -0.4 is 21.7 Å². The highest BCUT2D eigenvalue weighted by Crippen LogP contribution is 2.39. The minimum atomic E-state index is -0.577. The van der Waals surface area contributed by atoms with Gasteiger partial charge in [-0.05, 0) is 74.4 Å². The number of piperidine rings is 1. The van der Waals surface area contributed by atoms with Crippen LogP contribution in [0, 0.1) is 6.92 Å². The molecule has 2 aromatic carbocycles. The zero-order chi connectivity index (χ0) is 26.9. The van der Waals surface area contributed by atoms with Crippen molar-refractivity contribution in [3.63, 3.8) is 0 Å². The summed E-state index contributed by atoms with van der Waals surface area (Å²) < 4.78 is 0. The molecule has 0 spiro atoms. The molecule has 9 nitrogen and oxygen atoms in total. The van der Waals surface area contributed by atoms with Crippen LogP contribution in [-0.2, 0) is 21.5 Å². The van der Waals surface area contributed by atoms with E-state index in [1.807, 2.05) is 56.0 Å². The fourth-order valence-corrected chi connectivity index (χ4v) is 5.40. The maximum atomic E-state index is 12.4. The van der Waals surface area contributed by atoms with Crippen molar-refractivity contribution < 1.29 is 9.59 Å². The topological polar surface area (TPSA) is 125 Å². The minimum absolute atomic E-state index is 0.0165. The van der Waals surface area contributed by atoms with Crippen LogP contribution in [0.25, 0.3) is 0 Å². The Labute approximate surface area is 223 Å². The van der Waals surface area contributed by atoms with E-state index in [-0.39, 0.29) is 18.4 Å². The zero-order valence-corrected chi connectivity index (χ0v) is 22.2. The maximum Gasteiger partial charge on any atom is 0.236 e. The van der Waals surface area contributed by atoms with Crippen LogP contribution in [0.5, 0.6) is 0 Å². The molecule has 1 fully saturated rings. The number of fused-ring (bicyclic) bond motifs is 1. The summed E-state index contributed by atoms with van der Waals surface area (Å²) in [6.07, 6.45) is 3.69. The van der Waals surface area contributed by atoms with E-state index in [0.29, 0.717) is 18.4 Å². The van der Waals surface area contributed by atoms with Crippen LogP contribution >= 0.6 is 0 Å². The fraction of sp³-hybridized carbons (Fsp3) is 0.379. The average molecular weight is 514 g/mol. The molecule has 3 aromatic rings. The molecule has 9 heteroatoms. The van der Waals surface area contributed by atoms with Crippen LogP contribution in [0.2, 0.25) is 0 Å². The molecule has 2 amide bonds. The molecular formula is C29H35N7O2. The number of hydrogen-bond donors (Lipinski definition) is 4. The highest BCUT2D eigenvalue weighted by Gasteiger charge is 2.39. The first kappa shape index (κ1) is 25.7. The molecule has 0 unspecified atom stereocenters. The number of nitrogens with zero attached hydrogens (tertiary/aromatic N) is 3. The van der Waals surface area contributed by atoms with E-state index in [0.717, 1.165) is 59.8 Å². The number of hydrogen-bond acceptors (Lipinski definition) is 7. The van der Waals surface area contributed by atoms with Crippen molar-refractivity contribution in [3.05, 3.63) is 70.9 Å². The fourth-order valence-electron chi connectivity index (χ4n) is 5.40. The Morgan fingerprint density at radius 3 is 2.61 bits per heavy atom. The third-order valence-corrected chi connectivity index (χ3v) is 7.67. The second-order valence-electron chi connectivity index (χ2n) is 10.6. The number of aromatic nitrogens is 2. The van der Waals surface area contributed by atoms with Gasteiger partial charge in [0, 0.05) is 42.8 Å². The van der Waals surface area contributed by atoms with Crippen molar-refractivity contribution in [2.45, 2.75) is 51.5 Å². The van der Waals surface area contributed by atoms with Crippen molar-refractivity contribution in [1.29, 1.82) is 0 Å². The summed E-state index contributed by atoms with van der Waals surface area (Å²) in [5, 5.41) is 9.73. The first-order chi connectivity index (χ1) is 18.3. The molecule has 0 bridgehead atoms. The molecule has 2 aliphatic heterocycles. The predicted octanol–water partition coefficient (Wildman–Crippen LogP) is 4.04. The highest BCUT2D eigenvalue weighted by atomic mass is 16.2. The quantitative estimate of drug-likeness (QED) is 0.376.